The van der Waals surface area contributed by atoms with Crippen LogP contribution in [0.5, 0.6) is 0 Å². The quantitative estimate of drug-likeness (QED) is 0.639. The molecule has 2 aromatic carbocycles. The third-order valence-corrected chi connectivity index (χ3v) is 4.89. The number of hydrogen-bond donors (Lipinski definition) is 2. The van der Waals surface area contributed by atoms with Crippen molar-refractivity contribution in [1.82, 2.24) is 0 Å². The number of rotatable bonds is 8. The molecular formula is C21H23FN2O4S. The van der Waals surface area contributed by atoms with Crippen LogP contribution in [0, 0.1) is 19.7 Å². The molecule has 0 aliphatic heterocycles. The van der Waals surface area contributed by atoms with Crippen LogP contribution in [0.4, 0.5) is 15.8 Å². The van der Waals surface area contributed by atoms with E-state index in [0.717, 1.165) is 22.9 Å². The van der Waals surface area contributed by atoms with Crippen LogP contribution < -0.4 is 10.6 Å². The average Bonchev–Trinajstić information content (AvgIpc) is 2.66. The normalized spacial score (nSPS) is 11.4. The minimum atomic E-state index is -0.963. The molecule has 0 aromatic heterocycles. The van der Waals surface area contributed by atoms with Gasteiger partial charge in [0.25, 0.3) is 5.91 Å². The molecule has 0 saturated heterocycles. The molecule has 0 radical (unpaired) electrons. The third-order valence-electron chi connectivity index (χ3n) is 3.99. The number of hydrogen-bond acceptors (Lipinski definition) is 5. The first kappa shape index (κ1) is 22.4. The number of para-hydroxylation sites is 1. The van der Waals surface area contributed by atoms with E-state index in [1.807, 2.05) is 32.0 Å². The van der Waals surface area contributed by atoms with Crippen molar-refractivity contribution in [2.45, 2.75) is 26.9 Å². The van der Waals surface area contributed by atoms with Gasteiger partial charge < -0.3 is 15.4 Å². The standard InChI is InChI=1S/C21H23FN2O4S/c1-13-5-4-6-14(2)20(13)24-21(27)15(3)28-19(26)12-29-11-18(25)23-17-9-7-16(22)8-10-17/h4-10,15H,11-12H2,1-3H3,(H,23,25)(H,24,27)/t15-/m1/s1. The van der Waals surface area contributed by atoms with E-state index in [2.05, 4.69) is 10.6 Å². The zero-order valence-electron chi connectivity index (χ0n) is 16.5. The monoisotopic (exact) mass is 418 g/mol. The second-order valence-electron chi connectivity index (χ2n) is 6.44. The molecule has 0 saturated carbocycles. The summed E-state index contributed by atoms with van der Waals surface area (Å²) < 4.78 is 18.0. The first-order valence-corrected chi connectivity index (χ1v) is 10.1. The minimum absolute atomic E-state index is 0.0233. The maximum Gasteiger partial charge on any atom is 0.316 e. The van der Waals surface area contributed by atoms with Gasteiger partial charge >= 0.3 is 5.97 Å². The fourth-order valence-corrected chi connectivity index (χ4v) is 3.07. The van der Waals surface area contributed by atoms with Crippen molar-refractivity contribution in [3.8, 4) is 0 Å². The predicted molar refractivity (Wildman–Crippen MR) is 112 cm³/mol. The molecule has 2 amide bonds. The number of halogens is 1. The fourth-order valence-electron chi connectivity index (χ4n) is 2.48. The van der Waals surface area contributed by atoms with Crippen LogP contribution >= 0.6 is 11.8 Å². The van der Waals surface area contributed by atoms with Gasteiger partial charge in [0.05, 0.1) is 11.5 Å². The van der Waals surface area contributed by atoms with Gasteiger partial charge in [-0.05, 0) is 56.2 Å². The summed E-state index contributed by atoms with van der Waals surface area (Å²) in [6.45, 7) is 5.26. The Labute approximate surface area is 173 Å². The number of amides is 2. The van der Waals surface area contributed by atoms with E-state index in [1.54, 1.807) is 0 Å². The highest BCUT2D eigenvalue weighted by atomic mass is 32.2. The van der Waals surface area contributed by atoms with Gasteiger partial charge in [-0.25, -0.2) is 4.39 Å². The van der Waals surface area contributed by atoms with Crippen LogP contribution in [-0.4, -0.2) is 35.4 Å². The number of nitrogens with one attached hydrogen (secondary N) is 2. The lowest BCUT2D eigenvalue weighted by atomic mass is 10.1. The topological polar surface area (TPSA) is 84.5 Å². The van der Waals surface area contributed by atoms with Gasteiger partial charge in [-0.3, -0.25) is 14.4 Å². The van der Waals surface area contributed by atoms with E-state index in [4.69, 9.17) is 4.74 Å². The van der Waals surface area contributed by atoms with Crippen molar-refractivity contribution >= 4 is 40.9 Å². The van der Waals surface area contributed by atoms with Crippen LogP contribution in [0.15, 0.2) is 42.5 Å². The molecule has 6 nitrogen and oxygen atoms in total. The number of esters is 1. The maximum absolute atomic E-state index is 12.8. The Balaban J connectivity index is 1.73. The molecule has 2 rings (SSSR count). The summed E-state index contributed by atoms with van der Waals surface area (Å²) in [6, 6.07) is 11.0. The highest BCUT2D eigenvalue weighted by Gasteiger charge is 2.19. The van der Waals surface area contributed by atoms with Crippen LogP contribution in [-0.2, 0) is 19.1 Å². The van der Waals surface area contributed by atoms with Crippen LogP contribution in [0.25, 0.3) is 0 Å². The number of anilines is 2. The Bertz CT molecular complexity index is 866. The number of carbonyl (C=O) groups is 3. The number of carbonyl (C=O) groups excluding carboxylic acids is 3. The molecule has 1 atom stereocenters. The van der Waals surface area contributed by atoms with Crippen molar-refractivity contribution < 1.29 is 23.5 Å². The third kappa shape index (κ3) is 7.23. The number of benzene rings is 2. The lowest BCUT2D eigenvalue weighted by molar-refractivity contribution is -0.150. The van der Waals surface area contributed by atoms with Gasteiger partial charge in [-0.1, -0.05) is 18.2 Å². The van der Waals surface area contributed by atoms with Gasteiger partial charge in [0.2, 0.25) is 5.91 Å². The molecule has 2 N–H and O–H groups in total. The van der Waals surface area contributed by atoms with Gasteiger partial charge in [-0.2, -0.15) is 0 Å². The van der Waals surface area contributed by atoms with E-state index < -0.39 is 23.8 Å². The Kier molecular flexibility index (Phi) is 8.21. The molecule has 29 heavy (non-hydrogen) atoms. The molecule has 0 aliphatic rings. The van der Waals surface area contributed by atoms with E-state index in [9.17, 15) is 18.8 Å². The Morgan fingerprint density at radius 1 is 1.00 bits per heavy atom. The average molecular weight is 418 g/mol. The van der Waals surface area contributed by atoms with E-state index in [0.29, 0.717) is 11.4 Å². The zero-order valence-corrected chi connectivity index (χ0v) is 17.3. The number of thioether (sulfide) groups is 1. The zero-order chi connectivity index (χ0) is 21.4. The van der Waals surface area contributed by atoms with E-state index >= 15 is 0 Å². The molecule has 0 bridgehead atoms. The second-order valence-corrected chi connectivity index (χ2v) is 7.42. The van der Waals surface area contributed by atoms with E-state index in [-0.39, 0.29) is 17.4 Å². The van der Waals surface area contributed by atoms with Gasteiger partial charge in [0, 0.05) is 11.4 Å². The minimum Gasteiger partial charge on any atom is -0.452 e. The summed E-state index contributed by atoms with van der Waals surface area (Å²) in [4.78, 5) is 36.0. The summed E-state index contributed by atoms with van der Waals surface area (Å²) in [5.41, 5.74) is 3.00. The predicted octanol–water partition coefficient (Wildman–Crippen LogP) is 3.68. The van der Waals surface area contributed by atoms with E-state index in [1.165, 1.54) is 31.2 Å². The number of aryl methyl sites for hydroxylation is 2. The van der Waals surface area contributed by atoms with Gasteiger partial charge in [-0.15, -0.1) is 11.8 Å². The van der Waals surface area contributed by atoms with Crippen LogP contribution in [0.3, 0.4) is 0 Å². The summed E-state index contributed by atoms with van der Waals surface area (Å²) in [7, 11) is 0. The second kappa shape index (κ2) is 10.6. The molecule has 154 valence electrons. The molecule has 0 aliphatic carbocycles. The maximum atomic E-state index is 12.8. The molecule has 0 fully saturated rings. The smallest absolute Gasteiger partial charge is 0.316 e. The fraction of sp³-hybridized carbons (Fsp3) is 0.286. The summed E-state index contributed by atoms with van der Waals surface area (Å²) in [6.07, 6.45) is -0.963. The summed E-state index contributed by atoms with van der Waals surface area (Å²) >= 11 is 1.06. The lowest BCUT2D eigenvalue weighted by Gasteiger charge is -2.16. The molecule has 8 heteroatoms. The van der Waals surface area contributed by atoms with Crippen LogP contribution in [0.2, 0.25) is 0 Å². The highest BCUT2D eigenvalue weighted by Crippen LogP contribution is 2.20. The molecule has 0 unspecified atom stereocenters. The first-order valence-electron chi connectivity index (χ1n) is 8.96. The SMILES string of the molecule is Cc1cccc(C)c1NC(=O)[C@@H](C)OC(=O)CSCC(=O)Nc1ccc(F)cc1. The highest BCUT2D eigenvalue weighted by molar-refractivity contribution is 8.00. The molecular weight excluding hydrogens is 395 g/mol. The van der Waals surface area contributed by atoms with Crippen molar-refractivity contribution in [1.29, 1.82) is 0 Å². The summed E-state index contributed by atoms with van der Waals surface area (Å²) in [5, 5.41) is 5.37. The van der Waals surface area contributed by atoms with Crippen molar-refractivity contribution in [3.63, 3.8) is 0 Å². The van der Waals surface area contributed by atoms with Crippen molar-refractivity contribution in [3.05, 3.63) is 59.4 Å². The van der Waals surface area contributed by atoms with Crippen molar-refractivity contribution in [2.75, 3.05) is 22.1 Å². The number of ether oxygens (including phenoxy) is 1. The molecule has 0 spiro atoms. The van der Waals surface area contributed by atoms with Crippen molar-refractivity contribution in [2.24, 2.45) is 0 Å². The van der Waals surface area contributed by atoms with Gasteiger partial charge in [0.1, 0.15) is 5.82 Å². The Morgan fingerprint density at radius 3 is 2.24 bits per heavy atom. The first-order chi connectivity index (χ1) is 13.8. The van der Waals surface area contributed by atoms with Crippen LogP contribution in [0.1, 0.15) is 18.1 Å². The Morgan fingerprint density at radius 2 is 1.62 bits per heavy atom. The molecule has 0 heterocycles. The largest absolute Gasteiger partial charge is 0.452 e. The molecule has 2 aromatic rings. The lowest BCUT2D eigenvalue weighted by Crippen LogP contribution is -2.31. The van der Waals surface area contributed by atoms with Gasteiger partial charge in [0.15, 0.2) is 6.10 Å². The summed E-state index contributed by atoms with van der Waals surface area (Å²) in [5.74, 6) is -1.78. The Hall–Kier alpha value is -2.87.